The summed E-state index contributed by atoms with van der Waals surface area (Å²) in [4.78, 5) is 14.4. The van der Waals surface area contributed by atoms with Gasteiger partial charge in [0.1, 0.15) is 10.8 Å². The van der Waals surface area contributed by atoms with Crippen LogP contribution in [0.1, 0.15) is 11.5 Å². The molecule has 0 aliphatic carbocycles. The van der Waals surface area contributed by atoms with Crippen molar-refractivity contribution < 1.29 is 19.2 Å². The van der Waals surface area contributed by atoms with Crippen LogP contribution in [0.15, 0.2) is 53.1 Å². The van der Waals surface area contributed by atoms with Crippen LogP contribution in [0.2, 0.25) is 0 Å². The van der Waals surface area contributed by atoms with Crippen LogP contribution in [0.5, 0.6) is 11.5 Å². The van der Waals surface area contributed by atoms with Gasteiger partial charge in [0.05, 0.1) is 18.2 Å². The summed E-state index contributed by atoms with van der Waals surface area (Å²) in [6, 6.07) is 11.8. The summed E-state index contributed by atoms with van der Waals surface area (Å²) < 4.78 is 10.5. The first-order valence-corrected chi connectivity index (χ1v) is 7.79. The number of hydrogen-bond acceptors (Lipinski definition) is 6. The Bertz CT molecular complexity index is 983. The molecule has 0 N–H and O–H groups in total. The van der Waals surface area contributed by atoms with Gasteiger partial charge in [-0.25, -0.2) is 4.98 Å². The standard InChI is InChI=1S/C18H13ClN2O5/c1-25-15-9-11(8-14(17(15)22)21(23)24)7-13(19)18-20-10-16(26-18)12-5-3-2-4-6-12/h2-10,22H,1H3/p-1/b13-7-. The van der Waals surface area contributed by atoms with Gasteiger partial charge in [-0.3, -0.25) is 10.1 Å². The van der Waals surface area contributed by atoms with E-state index in [0.717, 1.165) is 11.6 Å². The van der Waals surface area contributed by atoms with Gasteiger partial charge in [0.15, 0.2) is 5.76 Å². The fraction of sp³-hybridized carbons (Fsp3) is 0.0556. The number of nitrogens with zero attached hydrogens (tertiary/aromatic N) is 2. The molecule has 26 heavy (non-hydrogen) atoms. The molecule has 1 aromatic heterocycles. The minimum atomic E-state index is -0.798. The highest BCUT2D eigenvalue weighted by molar-refractivity contribution is 6.50. The van der Waals surface area contributed by atoms with Crippen molar-refractivity contribution >= 4 is 28.4 Å². The zero-order chi connectivity index (χ0) is 18.7. The molecule has 3 aromatic rings. The maximum atomic E-state index is 11.9. The Morgan fingerprint density at radius 1 is 1.31 bits per heavy atom. The number of nitro groups is 1. The van der Waals surface area contributed by atoms with Crippen LogP contribution in [-0.4, -0.2) is 17.0 Å². The monoisotopic (exact) mass is 371 g/mol. The van der Waals surface area contributed by atoms with Gasteiger partial charge in [0, 0.05) is 17.4 Å². The van der Waals surface area contributed by atoms with Crippen molar-refractivity contribution in [2.45, 2.75) is 0 Å². The third-order valence-corrected chi connectivity index (χ3v) is 3.81. The van der Waals surface area contributed by atoms with E-state index in [2.05, 4.69) is 4.98 Å². The molecule has 0 atom stereocenters. The van der Waals surface area contributed by atoms with Gasteiger partial charge in [-0.05, 0) is 17.7 Å². The number of benzene rings is 2. The second-order valence-corrected chi connectivity index (χ2v) is 5.62. The normalized spacial score (nSPS) is 11.4. The molecule has 132 valence electrons. The van der Waals surface area contributed by atoms with Gasteiger partial charge in [0.25, 0.3) is 5.69 Å². The molecule has 1 heterocycles. The summed E-state index contributed by atoms with van der Waals surface area (Å²) in [6.45, 7) is 0. The number of ether oxygens (including phenoxy) is 1. The van der Waals surface area contributed by atoms with E-state index in [9.17, 15) is 15.2 Å². The van der Waals surface area contributed by atoms with Crippen molar-refractivity contribution in [1.29, 1.82) is 0 Å². The molecule has 7 nitrogen and oxygen atoms in total. The molecule has 0 saturated heterocycles. The lowest BCUT2D eigenvalue weighted by Gasteiger charge is -2.13. The average Bonchev–Trinajstić information content (AvgIpc) is 3.14. The van der Waals surface area contributed by atoms with Crippen molar-refractivity contribution in [2.24, 2.45) is 0 Å². The van der Waals surface area contributed by atoms with Crippen LogP contribution in [0.4, 0.5) is 5.69 Å². The van der Waals surface area contributed by atoms with Gasteiger partial charge in [-0.1, -0.05) is 41.9 Å². The second kappa shape index (κ2) is 7.28. The fourth-order valence-electron chi connectivity index (χ4n) is 2.31. The smallest absolute Gasteiger partial charge is 0.266 e. The number of aromatic nitrogens is 1. The molecule has 0 fully saturated rings. The highest BCUT2D eigenvalue weighted by Gasteiger charge is 2.14. The third kappa shape index (κ3) is 3.52. The van der Waals surface area contributed by atoms with Crippen LogP contribution in [0.25, 0.3) is 22.4 Å². The zero-order valence-electron chi connectivity index (χ0n) is 13.5. The van der Waals surface area contributed by atoms with Gasteiger partial charge >= 0.3 is 0 Å². The van der Waals surface area contributed by atoms with Crippen LogP contribution in [-0.2, 0) is 0 Å². The molecule has 0 spiro atoms. The highest BCUT2D eigenvalue weighted by atomic mass is 35.5. The first kappa shape index (κ1) is 17.5. The molecule has 2 aromatic carbocycles. The fourth-order valence-corrected chi connectivity index (χ4v) is 2.52. The summed E-state index contributed by atoms with van der Waals surface area (Å²) in [5, 5.41) is 23.0. The molecule has 0 amide bonds. The van der Waals surface area contributed by atoms with E-state index in [0.29, 0.717) is 11.3 Å². The Kier molecular flexibility index (Phi) is 4.90. The quantitative estimate of drug-likeness (QED) is 0.495. The van der Waals surface area contributed by atoms with E-state index in [-0.39, 0.29) is 16.7 Å². The number of oxazole rings is 1. The molecular formula is C18H12ClN2O5-. The summed E-state index contributed by atoms with van der Waals surface area (Å²) in [5.41, 5.74) is 0.554. The maximum absolute atomic E-state index is 11.9. The molecule has 0 saturated carbocycles. The van der Waals surface area contributed by atoms with E-state index in [1.54, 1.807) is 0 Å². The third-order valence-electron chi connectivity index (χ3n) is 3.54. The maximum Gasteiger partial charge on any atom is 0.266 e. The van der Waals surface area contributed by atoms with E-state index >= 15 is 0 Å². The van der Waals surface area contributed by atoms with Gasteiger partial charge < -0.3 is 14.3 Å². The Labute approximate surface area is 153 Å². The second-order valence-electron chi connectivity index (χ2n) is 5.22. The molecule has 0 bridgehead atoms. The van der Waals surface area contributed by atoms with Gasteiger partial charge in [0.2, 0.25) is 5.89 Å². The number of methoxy groups -OCH3 is 1. The van der Waals surface area contributed by atoms with E-state index in [1.165, 1.54) is 25.4 Å². The van der Waals surface area contributed by atoms with Crippen LogP contribution in [0.3, 0.4) is 0 Å². The first-order chi connectivity index (χ1) is 12.5. The summed E-state index contributed by atoms with van der Waals surface area (Å²) >= 11 is 6.22. The minimum absolute atomic E-state index is 0.127. The molecule has 3 rings (SSSR count). The molecule has 0 aliphatic heterocycles. The highest BCUT2D eigenvalue weighted by Crippen LogP contribution is 2.36. The van der Waals surface area contributed by atoms with Crippen molar-refractivity contribution in [3.63, 3.8) is 0 Å². The number of halogens is 1. The number of nitro benzene ring substituents is 1. The Balaban J connectivity index is 1.97. The zero-order valence-corrected chi connectivity index (χ0v) is 14.3. The molecular weight excluding hydrogens is 360 g/mol. The topological polar surface area (TPSA) is 101 Å². The average molecular weight is 372 g/mol. The Morgan fingerprint density at radius 3 is 2.69 bits per heavy atom. The van der Waals surface area contributed by atoms with Crippen LogP contribution >= 0.6 is 11.6 Å². The lowest BCUT2D eigenvalue weighted by Crippen LogP contribution is -2.01. The van der Waals surface area contributed by atoms with Crippen molar-refractivity contribution in [2.75, 3.05) is 7.11 Å². The minimum Gasteiger partial charge on any atom is -0.865 e. The Hall–Kier alpha value is -3.32. The summed E-state index contributed by atoms with van der Waals surface area (Å²) in [5.74, 6) is -0.260. The van der Waals surface area contributed by atoms with E-state index < -0.39 is 16.4 Å². The summed E-state index contributed by atoms with van der Waals surface area (Å²) in [7, 11) is 1.26. The molecule has 0 unspecified atom stereocenters. The van der Waals surface area contributed by atoms with E-state index in [4.69, 9.17) is 20.8 Å². The lowest BCUT2D eigenvalue weighted by molar-refractivity contribution is -0.398. The SMILES string of the molecule is COc1cc(/C=C(\Cl)c2ncc(-c3ccccc3)o2)cc([N+](=O)[O-])c1[O-]. The van der Waals surface area contributed by atoms with Crippen molar-refractivity contribution in [1.82, 2.24) is 4.98 Å². The summed E-state index contributed by atoms with van der Waals surface area (Å²) in [6.07, 6.45) is 2.95. The Morgan fingerprint density at radius 2 is 2.04 bits per heavy atom. The van der Waals surface area contributed by atoms with Crippen LogP contribution < -0.4 is 9.84 Å². The van der Waals surface area contributed by atoms with E-state index in [1.807, 2.05) is 30.3 Å². The molecule has 8 heteroatoms. The lowest BCUT2D eigenvalue weighted by atomic mass is 10.1. The molecule has 0 aliphatic rings. The largest absolute Gasteiger partial charge is 0.865 e. The first-order valence-electron chi connectivity index (χ1n) is 7.42. The molecule has 0 radical (unpaired) electrons. The van der Waals surface area contributed by atoms with Gasteiger partial charge in [-0.2, -0.15) is 0 Å². The predicted octanol–water partition coefficient (Wildman–Crippen LogP) is 4.07. The van der Waals surface area contributed by atoms with Crippen molar-refractivity contribution in [3.05, 3.63) is 70.2 Å². The number of hydrogen-bond donors (Lipinski definition) is 0. The predicted molar refractivity (Wildman–Crippen MR) is 94.8 cm³/mol. The van der Waals surface area contributed by atoms with Crippen LogP contribution in [0, 0.1) is 10.1 Å². The van der Waals surface area contributed by atoms with Gasteiger partial charge in [-0.15, -0.1) is 0 Å². The van der Waals surface area contributed by atoms with Crippen molar-refractivity contribution in [3.8, 4) is 22.8 Å². The number of rotatable bonds is 5.